The number of nitrogens with zero attached hydrogens (tertiary/aromatic N) is 1. The van der Waals surface area contributed by atoms with Gasteiger partial charge in [-0.25, -0.2) is 9.82 Å². The molecular formula is C16H14Cl2FN3O. The van der Waals surface area contributed by atoms with Crippen LogP contribution in [0.5, 0.6) is 0 Å². The van der Waals surface area contributed by atoms with E-state index in [2.05, 4.69) is 15.8 Å². The van der Waals surface area contributed by atoms with Gasteiger partial charge in [-0.05, 0) is 43.3 Å². The second kappa shape index (κ2) is 7.94. The zero-order chi connectivity index (χ0) is 16.8. The molecule has 23 heavy (non-hydrogen) atoms. The Bertz CT molecular complexity index is 733. The molecule has 0 spiro atoms. The summed E-state index contributed by atoms with van der Waals surface area (Å²) in [5, 5.41) is 7.85. The fourth-order valence-electron chi connectivity index (χ4n) is 1.78. The highest BCUT2D eigenvalue weighted by molar-refractivity contribution is 6.37. The Morgan fingerprint density at radius 1 is 1.17 bits per heavy atom. The van der Waals surface area contributed by atoms with Crippen molar-refractivity contribution < 1.29 is 9.18 Å². The summed E-state index contributed by atoms with van der Waals surface area (Å²) in [5.74, 6) is -0.668. The predicted octanol–water partition coefficient (Wildman–Crippen LogP) is 4.08. The summed E-state index contributed by atoms with van der Waals surface area (Å²) in [6, 6.07) is 10.7. The van der Waals surface area contributed by atoms with Gasteiger partial charge in [-0.2, -0.15) is 5.10 Å². The Morgan fingerprint density at radius 3 is 2.52 bits per heavy atom. The lowest BCUT2D eigenvalue weighted by Crippen LogP contribution is -2.26. The molecule has 0 heterocycles. The van der Waals surface area contributed by atoms with Crippen molar-refractivity contribution in [2.75, 3.05) is 11.9 Å². The average Bonchev–Trinajstić information content (AvgIpc) is 2.52. The van der Waals surface area contributed by atoms with Crippen molar-refractivity contribution in [3.05, 3.63) is 63.9 Å². The lowest BCUT2D eigenvalue weighted by atomic mass is 10.1. The highest BCUT2D eigenvalue weighted by Crippen LogP contribution is 2.21. The van der Waals surface area contributed by atoms with Gasteiger partial charge < -0.3 is 5.32 Å². The summed E-state index contributed by atoms with van der Waals surface area (Å²) in [6.07, 6.45) is 0. The van der Waals surface area contributed by atoms with E-state index in [9.17, 15) is 9.18 Å². The molecule has 120 valence electrons. The molecule has 0 radical (unpaired) electrons. The van der Waals surface area contributed by atoms with Crippen molar-refractivity contribution in [2.45, 2.75) is 6.92 Å². The van der Waals surface area contributed by atoms with Crippen LogP contribution in [0.25, 0.3) is 0 Å². The van der Waals surface area contributed by atoms with E-state index in [0.29, 0.717) is 27.0 Å². The minimum absolute atomic E-state index is 0.0107. The van der Waals surface area contributed by atoms with Gasteiger partial charge in [0.1, 0.15) is 5.82 Å². The SMILES string of the molecule is C/C(=N\NC(=O)CNc1ccc(F)cc1)c1ccc(Cl)cc1Cl. The maximum Gasteiger partial charge on any atom is 0.259 e. The quantitative estimate of drug-likeness (QED) is 0.628. The van der Waals surface area contributed by atoms with Gasteiger partial charge in [-0.15, -0.1) is 0 Å². The first-order valence-corrected chi connectivity index (χ1v) is 7.49. The average molecular weight is 354 g/mol. The van der Waals surface area contributed by atoms with Crippen molar-refractivity contribution in [2.24, 2.45) is 5.10 Å². The number of hydrogen-bond acceptors (Lipinski definition) is 3. The molecule has 0 atom stereocenters. The number of carbonyl (C=O) groups excluding carboxylic acids is 1. The van der Waals surface area contributed by atoms with Gasteiger partial charge in [0.25, 0.3) is 5.91 Å². The van der Waals surface area contributed by atoms with Crippen LogP contribution in [0.3, 0.4) is 0 Å². The Morgan fingerprint density at radius 2 is 1.87 bits per heavy atom. The van der Waals surface area contributed by atoms with Crippen LogP contribution in [0, 0.1) is 5.82 Å². The van der Waals surface area contributed by atoms with E-state index in [1.165, 1.54) is 12.1 Å². The Labute approximate surface area is 143 Å². The van der Waals surface area contributed by atoms with Crippen LogP contribution in [0.2, 0.25) is 10.0 Å². The fraction of sp³-hybridized carbons (Fsp3) is 0.125. The maximum atomic E-state index is 12.8. The zero-order valence-corrected chi connectivity index (χ0v) is 13.7. The molecule has 2 aromatic rings. The van der Waals surface area contributed by atoms with Crippen molar-refractivity contribution in [1.82, 2.24) is 5.43 Å². The van der Waals surface area contributed by atoms with Crippen LogP contribution in [0.4, 0.5) is 10.1 Å². The van der Waals surface area contributed by atoms with E-state index in [1.54, 1.807) is 37.3 Å². The third-order valence-corrected chi connectivity index (χ3v) is 3.51. The summed E-state index contributed by atoms with van der Waals surface area (Å²) in [7, 11) is 0. The first kappa shape index (κ1) is 17.2. The molecule has 4 nitrogen and oxygen atoms in total. The van der Waals surface area contributed by atoms with Gasteiger partial charge in [0.05, 0.1) is 17.3 Å². The standard InChI is InChI=1S/C16H14Cl2FN3O/c1-10(14-7-2-11(17)8-15(14)18)21-22-16(23)9-20-13-5-3-12(19)4-6-13/h2-8,20H,9H2,1H3,(H,22,23)/b21-10+. The number of rotatable bonds is 5. The molecule has 0 aliphatic carbocycles. The molecule has 0 bridgehead atoms. The van der Waals surface area contributed by atoms with Gasteiger partial charge in [-0.1, -0.05) is 29.3 Å². The third kappa shape index (κ3) is 5.23. The van der Waals surface area contributed by atoms with Gasteiger partial charge in [0.2, 0.25) is 0 Å². The monoisotopic (exact) mass is 353 g/mol. The van der Waals surface area contributed by atoms with Crippen LogP contribution >= 0.6 is 23.2 Å². The number of hydrogen-bond donors (Lipinski definition) is 2. The van der Waals surface area contributed by atoms with Gasteiger partial charge in [0.15, 0.2) is 0 Å². The minimum Gasteiger partial charge on any atom is -0.376 e. The molecule has 0 aliphatic heterocycles. The van der Waals surface area contributed by atoms with E-state index in [4.69, 9.17) is 23.2 Å². The zero-order valence-electron chi connectivity index (χ0n) is 12.2. The van der Waals surface area contributed by atoms with E-state index in [-0.39, 0.29) is 18.3 Å². The largest absolute Gasteiger partial charge is 0.376 e. The first-order chi connectivity index (χ1) is 11.0. The van der Waals surface area contributed by atoms with Crippen molar-refractivity contribution in [1.29, 1.82) is 0 Å². The summed E-state index contributed by atoms with van der Waals surface area (Å²) in [6.45, 7) is 1.74. The van der Waals surface area contributed by atoms with Crippen LogP contribution in [-0.2, 0) is 4.79 Å². The Hall–Kier alpha value is -2.11. The fourth-order valence-corrected chi connectivity index (χ4v) is 2.32. The Kier molecular flexibility index (Phi) is 5.96. The number of halogens is 3. The highest BCUT2D eigenvalue weighted by atomic mass is 35.5. The number of carbonyl (C=O) groups is 1. The number of hydrazone groups is 1. The topological polar surface area (TPSA) is 53.5 Å². The van der Waals surface area contributed by atoms with Crippen LogP contribution in [-0.4, -0.2) is 18.2 Å². The highest BCUT2D eigenvalue weighted by Gasteiger charge is 2.06. The minimum atomic E-state index is -0.334. The summed E-state index contributed by atoms with van der Waals surface area (Å²) < 4.78 is 12.8. The molecule has 0 aliphatic rings. The lowest BCUT2D eigenvalue weighted by Gasteiger charge is -2.07. The summed E-state index contributed by atoms with van der Waals surface area (Å²) >= 11 is 11.9. The van der Waals surface area contributed by atoms with Crippen LogP contribution < -0.4 is 10.7 Å². The molecule has 0 aromatic heterocycles. The van der Waals surface area contributed by atoms with Crippen molar-refractivity contribution in [3.63, 3.8) is 0 Å². The van der Waals surface area contributed by atoms with Gasteiger partial charge >= 0.3 is 0 Å². The Balaban J connectivity index is 1.90. The molecule has 7 heteroatoms. The summed E-state index contributed by atoms with van der Waals surface area (Å²) in [4.78, 5) is 11.7. The smallest absolute Gasteiger partial charge is 0.259 e. The number of amides is 1. The number of nitrogens with one attached hydrogen (secondary N) is 2. The van der Waals surface area contributed by atoms with Crippen LogP contribution in [0.1, 0.15) is 12.5 Å². The normalized spacial score (nSPS) is 11.2. The molecule has 2 N–H and O–H groups in total. The first-order valence-electron chi connectivity index (χ1n) is 6.73. The van der Waals surface area contributed by atoms with Crippen molar-refractivity contribution >= 4 is 40.5 Å². The number of anilines is 1. The number of benzene rings is 2. The van der Waals surface area contributed by atoms with E-state index in [0.717, 1.165) is 0 Å². The predicted molar refractivity (Wildman–Crippen MR) is 91.7 cm³/mol. The molecule has 0 fully saturated rings. The lowest BCUT2D eigenvalue weighted by molar-refractivity contribution is -0.119. The van der Waals surface area contributed by atoms with E-state index in [1.807, 2.05) is 0 Å². The molecule has 0 saturated heterocycles. The molecule has 2 aromatic carbocycles. The van der Waals surface area contributed by atoms with Crippen LogP contribution in [0.15, 0.2) is 47.6 Å². The molecule has 0 saturated carbocycles. The van der Waals surface area contributed by atoms with E-state index >= 15 is 0 Å². The molecule has 0 unspecified atom stereocenters. The second-order valence-corrected chi connectivity index (χ2v) is 5.56. The van der Waals surface area contributed by atoms with Crippen molar-refractivity contribution in [3.8, 4) is 0 Å². The second-order valence-electron chi connectivity index (χ2n) is 4.72. The maximum absolute atomic E-state index is 12.8. The third-order valence-electron chi connectivity index (χ3n) is 2.97. The van der Waals surface area contributed by atoms with Gasteiger partial charge in [-0.3, -0.25) is 4.79 Å². The molecular weight excluding hydrogens is 340 g/mol. The molecule has 1 amide bonds. The summed E-state index contributed by atoms with van der Waals surface area (Å²) in [5.41, 5.74) is 4.31. The van der Waals surface area contributed by atoms with E-state index < -0.39 is 0 Å². The molecule has 2 rings (SSSR count). The van der Waals surface area contributed by atoms with Gasteiger partial charge in [0, 0.05) is 16.3 Å².